The lowest BCUT2D eigenvalue weighted by Gasteiger charge is -2.21. The van der Waals surface area contributed by atoms with Gasteiger partial charge in [0.25, 0.3) is 5.91 Å². The third kappa shape index (κ3) is 4.80. The van der Waals surface area contributed by atoms with Gasteiger partial charge in [-0.1, -0.05) is 91.0 Å². The summed E-state index contributed by atoms with van der Waals surface area (Å²) in [4.78, 5) is 38.9. The molecule has 6 heteroatoms. The molecule has 4 amide bonds. The molecule has 1 aliphatic rings. The van der Waals surface area contributed by atoms with Gasteiger partial charge in [0, 0.05) is 6.42 Å². The zero-order valence-electron chi connectivity index (χ0n) is 16.9. The summed E-state index contributed by atoms with van der Waals surface area (Å²) in [5.41, 5.74) is 2.78. The number of nitrogens with one attached hydrogen (secondary N) is 2. The maximum absolute atomic E-state index is 12.8. The van der Waals surface area contributed by atoms with Crippen LogP contribution in [0, 0.1) is 0 Å². The fourth-order valence-electron chi connectivity index (χ4n) is 3.72. The van der Waals surface area contributed by atoms with Crippen LogP contribution >= 0.6 is 0 Å². The molecule has 1 aliphatic heterocycles. The molecule has 0 saturated carbocycles. The van der Waals surface area contributed by atoms with Crippen LogP contribution in [-0.2, 0) is 16.0 Å². The van der Waals surface area contributed by atoms with Crippen LogP contribution < -0.4 is 10.6 Å². The van der Waals surface area contributed by atoms with Crippen molar-refractivity contribution in [3.8, 4) is 0 Å². The van der Waals surface area contributed by atoms with Crippen LogP contribution in [0.1, 0.15) is 22.7 Å². The van der Waals surface area contributed by atoms with Crippen LogP contribution in [0.3, 0.4) is 0 Å². The normalized spacial score (nSPS) is 15.8. The minimum atomic E-state index is -0.665. The van der Waals surface area contributed by atoms with Gasteiger partial charge in [0.05, 0.1) is 6.04 Å². The third-order valence-corrected chi connectivity index (χ3v) is 5.26. The molecule has 156 valence electrons. The Labute approximate surface area is 180 Å². The predicted octanol–water partition coefficient (Wildman–Crippen LogP) is 3.06. The van der Waals surface area contributed by atoms with Crippen molar-refractivity contribution in [1.82, 2.24) is 15.5 Å². The molecule has 31 heavy (non-hydrogen) atoms. The molecule has 0 bridgehead atoms. The third-order valence-electron chi connectivity index (χ3n) is 5.26. The van der Waals surface area contributed by atoms with Crippen molar-refractivity contribution in [3.05, 3.63) is 108 Å². The Bertz CT molecular complexity index is 1020. The van der Waals surface area contributed by atoms with Crippen LogP contribution in [0.5, 0.6) is 0 Å². The summed E-state index contributed by atoms with van der Waals surface area (Å²) in [5.74, 6) is -0.790. The van der Waals surface area contributed by atoms with Gasteiger partial charge in [-0.25, -0.2) is 4.79 Å². The van der Waals surface area contributed by atoms with E-state index in [2.05, 4.69) is 10.6 Å². The molecule has 4 rings (SSSR count). The number of imide groups is 1. The van der Waals surface area contributed by atoms with E-state index in [1.807, 2.05) is 91.0 Å². The lowest BCUT2D eigenvalue weighted by molar-refractivity contribution is -0.132. The first-order valence-corrected chi connectivity index (χ1v) is 10.2. The van der Waals surface area contributed by atoms with Gasteiger partial charge in [0.1, 0.15) is 12.6 Å². The topological polar surface area (TPSA) is 78.5 Å². The van der Waals surface area contributed by atoms with Crippen molar-refractivity contribution in [1.29, 1.82) is 0 Å². The Balaban J connectivity index is 1.45. The Morgan fingerprint density at radius 3 is 1.90 bits per heavy atom. The van der Waals surface area contributed by atoms with Crippen molar-refractivity contribution in [3.63, 3.8) is 0 Å². The number of urea groups is 1. The highest BCUT2D eigenvalue weighted by molar-refractivity contribution is 6.06. The van der Waals surface area contributed by atoms with Gasteiger partial charge in [0.15, 0.2) is 0 Å². The summed E-state index contributed by atoms with van der Waals surface area (Å²) in [6.07, 6.45) is 0.389. The smallest absolute Gasteiger partial charge is 0.325 e. The summed E-state index contributed by atoms with van der Waals surface area (Å²) in [6, 6.07) is 27.0. The Morgan fingerprint density at radius 1 is 0.839 bits per heavy atom. The molecule has 1 unspecified atom stereocenters. The molecule has 0 aromatic heterocycles. The largest absolute Gasteiger partial charge is 0.344 e. The van der Waals surface area contributed by atoms with Gasteiger partial charge in [-0.3, -0.25) is 14.5 Å². The average molecular weight is 413 g/mol. The Kier molecular flexibility index (Phi) is 6.08. The SMILES string of the molecule is O=C(CN1C(=O)NC(Cc2ccccc2)C1=O)NC(c1ccccc1)c1ccccc1. The number of carbonyl (C=O) groups excluding carboxylic acids is 3. The lowest BCUT2D eigenvalue weighted by atomic mass is 9.99. The van der Waals surface area contributed by atoms with Crippen LogP contribution in [0.2, 0.25) is 0 Å². The van der Waals surface area contributed by atoms with E-state index in [0.717, 1.165) is 21.6 Å². The van der Waals surface area contributed by atoms with E-state index in [-0.39, 0.29) is 18.5 Å². The standard InChI is InChI=1S/C25H23N3O3/c29-22(27-23(19-12-6-2-7-13-19)20-14-8-3-9-15-20)17-28-24(30)21(26-25(28)31)16-18-10-4-1-5-11-18/h1-15,21,23H,16-17H2,(H,26,31)(H,27,29). The number of hydrogen-bond donors (Lipinski definition) is 2. The number of benzene rings is 3. The van der Waals surface area contributed by atoms with E-state index < -0.39 is 18.0 Å². The first-order valence-electron chi connectivity index (χ1n) is 10.2. The minimum absolute atomic E-state index is 0.327. The number of nitrogens with zero attached hydrogens (tertiary/aromatic N) is 1. The van der Waals surface area contributed by atoms with E-state index in [0.29, 0.717) is 6.42 Å². The first-order chi connectivity index (χ1) is 15.1. The number of rotatable bonds is 7. The quantitative estimate of drug-likeness (QED) is 0.585. The summed E-state index contributed by atoms with van der Waals surface area (Å²) in [6.45, 7) is -0.327. The van der Waals surface area contributed by atoms with Gasteiger partial charge < -0.3 is 10.6 Å². The highest BCUT2D eigenvalue weighted by atomic mass is 16.2. The number of hydrogen-bond acceptors (Lipinski definition) is 3. The van der Waals surface area contributed by atoms with Gasteiger partial charge in [0.2, 0.25) is 5.91 Å². The second-order valence-corrected chi connectivity index (χ2v) is 7.44. The van der Waals surface area contributed by atoms with E-state index in [4.69, 9.17) is 0 Å². The second kappa shape index (κ2) is 9.26. The van der Waals surface area contributed by atoms with Gasteiger partial charge in [-0.05, 0) is 16.7 Å². The van der Waals surface area contributed by atoms with Crippen molar-refractivity contribution < 1.29 is 14.4 Å². The first kappa shape index (κ1) is 20.3. The molecule has 1 saturated heterocycles. The van der Waals surface area contributed by atoms with E-state index >= 15 is 0 Å². The highest BCUT2D eigenvalue weighted by Crippen LogP contribution is 2.22. The maximum atomic E-state index is 12.8. The molecule has 3 aromatic carbocycles. The Morgan fingerprint density at radius 2 is 1.35 bits per heavy atom. The van der Waals surface area contributed by atoms with Crippen molar-refractivity contribution in [2.75, 3.05) is 6.54 Å². The van der Waals surface area contributed by atoms with Crippen LogP contribution in [0.25, 0.3) is 0 Å². The molecule has 0 spiro atoms. The van der Waals surface area contributed by atoms with Crippen LogP contribution in [0.15, 0.2) is 91.0 Å². The van der Waals surface area contributed by atoms with Gasteiger partial charge in [-0.2, -0.15) is 0 Å². The van der Waals surface area contributed by atoms with Gasteiger partial charge in [-0.15, -0.1) is 0 Å². The molecule has 2 N–H and O–H groups in total. The van der Waals surface area contributed by atoms with Gasteiger partial charge >= 0.3 is 6.03 Å². The van der Waals surface area contributed by atoms with Crippen LogP contribution in [0.4, 0.5) is 4.79 Å². The number of carbonyl (C=O) groups is 3. The molecule has 1 atom stereocenters. The summed E-state index contributed by atoms with van der Waals surface area (Å²) < 4.78 is 0. The molecule has 1 fully saturated rings. The van der Waals surface area contributed by atoms with Crippen molar-refractivity contribution >= 4 is 17.8 Å². The summed E-state index contributed by atoms with van der Waals surface area (Å²) in [7, 11) is 0. The average Bonchev–Trinajstić information content (AvgIpc) is 3.06. The zero-order valence-corrected chi connectivity index (χ0v) is 16.9. The van der Waals surface area contributed by atoms with Crippen LogP contribution in [-0.4, -0.2) is 35.3 Å². The van der Waals surface area contributed by atoms with Crippen molar-refractivity contribution in [2.45, 2.75) is 18.5 Å². The highest BCUT2D eigenvalue weighted by Gasteiger charge is 2.39. The summed E-state index contributed by atoms with van der Waals surface area (Å²) in [5, 5.41) is 5.65. The maximum Gasteiger partial charge on any atom is 0.325 e. The molecular weight excluding hydrogens is 390 g/mol. The lowest BCUT2D eigenvalue weighted by Crippen LogP contribution is -2.42. The molecular formula is C25H23N3O3. The zero-order chi connectivity index (χ0) is 21.6. The fourth-order valence-corrected chi connectivity index (χ4v) is 3.72. The fraction of sp³-hybridized carbons (Fsp3) is 0.160. The molecule has 6 nitrogen and oxygen atoms in total. The van der Waals surface area contributed by atoms with E-state index in [1.54, 1.807) is 0 Å². The van der Waals surface area contributed by atoms with E-state index in [1.165, 1.54) is 0 Å². The molecule has 0 radical (unpaired) electrons. The Hall–Kier alpha value is -3.93. The molecule has 0 aliphatic carbocycles. The molecule has 3 aromatic rings. The summed E-state index contributed by atoms with van der Waals surface area (Å²) >= 11 is 0. The minimum Gasteiger partial charge on any atom is -0.344 e. The second-order valence-electron chi connectivity index (χ2n) is 7.44. The number of amides is 4. The monoisotopic (exact) mass is 413 g/mol. The predicted molar refractivity (Wildman–Crippen MR) is 117 cm³/mol. The van der Waals surface area contributed by atoms with Crippen molar-refractivity contribution in [2.24, 2.45) is 0 Å². The molecule has 1 heterocycles. The van der Waals surface area contributed by atoms with E-state index in [9.17, 15) is 14.4 Å².